The Labute approximate surface area is 212 Å². The molecule has 2 aromatic carbocycles. The van der Waals surface area contributed by atoms with E-state index in [4.69, 9.17) is 23.2 Å². The highest BCUT2D eigenvalue weighted by molar-refractivity contribution is 9.12. The van der Waals surface area contributed by atoms with Crippen LogP contribution in [0.2, 0.25) is 10.0 Å². The highest BCUT2D eigenvalue weighted by Crippen LogP contribution is 2.60. The van der Waals surface area contributed by atoms with Crippen LogP contribution in [0.25, 0.3) is 0 Å². The molecule has 0 radical (unpaired) electrons. The van der Waals surface area contributed by atoms with Crippen LogP contribution in [-0.4, -0.2) is 37.4 Å². The van der Waals surface area contributed by atoms with Gasteiger partial charge in [-0.1, -0.05) is 79.3 Å². The van der Waals surface area contributed by atoms with Gasteiger partial charge in [-0.2, -0.15) is 5.01 Å². The number of imide groups is 1. The Kier molecular flexibility index (Phi) is 5.89. The highest BCUT2D eigenvalue weighted by Gasteiger charge is 2.67. The number of alkyl halides is 2. The van der Waals surface area contributed by atoms with Crippen molar-refractivity contribution in [1.29, 1.82) is 0 Å². The molecule has 6 atom stereocenters. The van der Waals surface area contributed by atoms with Crippen LogP contribution < -0.4 is 0 Å². The van der Waals surface area contributed by atoms with E-state index in [1.807, 2.05) is 0 Å². The van der Waals surface area contributed by atoms with Crippen LogP contribution in [0.5, 0.6) is 0 Å². The average molecular weight is 601 g/mol. The summed E-state index contributed by atoms with van der Waals surface area (Å²) in [6.45, 7) is 0.0446. The second kappa shape index (κ2) is 8.42. The third kappa shape index (κ3) is 3.44. The Bertz CT molecular complexity index is 1080. The molecule has 2 bridgehead atoms. The van der Waals surface area contributed by atoms with Crippen molar-refractivity contribution in [3.63, 3.8) is 0 Å². The van der Waals surface area contributed by atoms with E-state index in [0.29, 0.717) is 5.02 Å². The van der Waals surface area contributed by atoms with Crippen molar-refractivity contribution >= 4 is 72.8 Å². The Balaban J connectivity index is 1.54. The molecule has 0 unspecified atom stereocenters. The minimum atomic E-state index is -0.495. The number of hydrazine groups is 1. The van der Waals surface area contributed by atoms with Crippen LogP contribution in [-0.2, 0) is 16.1 Å². The molecule has 2 saturated carbocycles. The molecule has 32 heavy (non-hydrogen) atoms. The number of carbonyl (C=O) groups excluding carboxylic acids is 3. The zero-order valence-electron chi connectivity index (χ0n) is 16.6. The number of halogens is 4. The number of hydrogen-bond donors (Lipinski definition) is 0. The summed E-state index contributed by atoms with van der Waals surface area (Å²) in [7, 11) is 0. The van der Waals surface area contributed by atoms with Gasteiger partial charge >= 0.3 is 0 Å². The smallest absolute Gasteiger partial charge is 0.272 e. The number of nitrogens with zero attached hydrogens (tertiary/aromatic N) is 2. The fraction of sp³-hybridized carbons (Fsp3) is 0.348. The first-order valence-corrected chi connectivity index (χ1v) is 12.8. The second-order valence-electron chi connectivity index (χ2n) is 8.46. The molecule has 3 fully saturated rings. The van der Waals surface area contributed by atoms with Gasteiger partial charge in [-0.25, -0.2) is 5.01 Å². The van der Waals surface area contributed by atoms with Gasteiger partial charge in [-0.05, 0) is 48.1 Å². The van der Waals surface area contributed by atoms with Gasteiger partial charge in [0.1, 0.15) is 0 Å². The summed E-state index contributed by atoms with van der Waals surface area (Å²) in [6.07, 6.45) is 0.822. The van der Waals surface area contributed by atoms with Crippen LogP contribution in [0.4, 0.5) is 0 Å². The molecule has 0 spiro atoms. The number of benzene rings is 2. The van der Waals surface area contributed by atoms with E-state index in [9.17, 15) is 14.4 Å². The molecular weight excluding hydrogens is 583 g/mol. The number of hydrogen-bond acceptors (Lipinski definition) is 3. The van der Waals surface area contributed by atoms with Gasteiger partial charge in [-0.3, -0.25) is 14.4 Å². The van der Waals surface area contributed by atoms with E-state index < -0.39 is 17.7 Å². The summed E-state index contributed by atoms with van der Waals surface area (Å²) >= 11 is 19.7. The molecular formula is C23H18Br2Cl2N2O3. The lowest BCUT2D eigenvalue weighted by Gasteiger charge is -2.31. The molecule has 2 aromatic rings. The van der Waals surface area contributed by atoms with Crippen molar-refractivity contribution in [3.8, 4) is 0 Å². The van der Waals surface area contributed by atoms with E-state index in [1.54, 1.807) is 48.5 Å². The van der Waals surface area contributed by atoms with Crippen molar-refractivity contribution in [2.24, 2.45) is 23.7 Å². The Morgan fingerprint density at radius 3 is 2.06 bits per heavy atom. The van der Waals surface area contributed by atoms with Crippen LogP contribution in [0.15, 0.2) is 48.5 Å². The average Bonchev–Trinajstić information content (AvgIpc) is 3.38. The summed E-state index contributed by atoms with van der Waals surface area (Å²) in [5.41, 5.74) is 0.979. The van der Waals surface area contributed by atoms with Gasteiger partial charge in [0.2, 0.25) is 0 Å². The van der Waals surface area contributed by atoms with Gasteiger partial charge in [0.25, 0.3) is 17.7 Å². The maximum absolute atomic E-state index is 13.6. The van der Waals surface area contributed by atoms with Gasteiger partial charge in [0.05, 0.1) is 29.0 Å². The molecule has 1 aliphatic heterocycles. The minimum absolute atomic E-state index is 0.0446. The van der Waals surface area contributed by atoms with Crippen molar-refractivity contribution in [2.75, 3.05) is 0 Å². The first-order chi connectivity index (χ1) is 15.3. The Morgan fingerprint density at radius 2 is 1.50 bits per heavy atom. The van der Waals surface area contributed by atoms with Crippen LogP contribution in [0.3, 0.4) is 0 Å². The van der Waals surface area contributed by atoms with E-state index in [-0.39, 0.29) is 50.4 Å². The summed E-state index contributed by atoms with van der Waals surface area (Å²) < 4.78 is 0. The lowest BCUT2D eigenvalue weighted by atomic mass is 9.81. The highest BCUT2D eigenvalue weighted by atomic mass is 79.9. The Hall–Kier alpha value is -1.41. The molecule has 1 saturated heterocycles. The molecule has 5 rings (SSSR count). The third-order valence-electron chi connectivity index (χ3n) is 6.79. The summed E-state index contributed by atoms with van der Waals surface area (Å²) in [5, 5.41) is 3.13. The zero-order chi connectivity index (χ0) is 22.7. The largest absolute Gasteiger partial charge is 0.274 e. The number of amides is 3. The minimum Gasteiger partial charge on any atom is -0.272 e. The fourth-order valence-electron chi connectivity index (χ4n) is 5.34. The van der Waals surface area contributed by atoms with Gasteiger partial charge in [-0.15, -0.1) is 0 Å². The quantitative estimate of drug-likeness (QED) is 0.352. The normalized spacial score (nSPS) is 30.7. The van der Waals surface area contributed by atoms with Crippen LogP contribution in [0.1, 0.15) is 22.3 Å². The third-order valence-corrected chi connectivity index (χ3v) is 10.6. The molecule has 3 amide bonds. The summed E-state index contributed by atoms with van der Waals surface area (Å²) in [6, 6.07) is 13.6. The molecule has 2 aliphatic carbocycles. The number of carbonyl (C=O) groups is 3. The van der Waals surface area contributed by atoms with Gasteiger partial charge in [0, 0.05) is 14.7 Å². The lowest BCUT2D eigenvalue weighted by molar-refractivity contribution is -0.156. The van der Waals surface area contributed by atoms with E-state index in [1.165, 1.54) is 5.01 Å². The number of rotatable bonds is 4. The summed E-state index contributed by atoms with van der Waals surface area (Å²) in [5.74, 6) is -1.84. The zero-order valence-corrected chi connectivity index (χ0v) is 21.3. The molecule has 1 heterocycles. The van der Waals surface area contributed by atoms with Gasteiger partial charge in [0.15, 0.2) is 0 Å². The fourth-order valence-corrected chi connectivity index (χ4v) is 7.56. The lowest BCUT2D eigenvalue weighted by Crippen LogP contribution is -2.50. The van der Waals surface area contributed by atoms with E-state index in [0.717, 1.165) is 17.0 Å². The summed E-state index contributed by atoms with van der Waals surface area (Å²) in [4.78, 5) is 41.0. The predicted octanol–water partition coefficient (Wildman–Crippen LogP) is 5.33. The molecule has 3 aliphatic rings. The standard InChI is InChI=1S/C23H18Br2Cl2N2O3/c24-19-14-9-15(20(19)25)18-17(14)22(31)29(23(18)32)28(10-11-5-7-12(26)8-6-11)21(30)13-3-1-2-4-16(13)27/h1-8,14-15,17-20H,9-10H2/t14-,15-,17-,18+,19+,20+/m1/s1. The first kappa shape index (κ1) is 22.4. The van der Waals surface area contributed by atoms with Crippen LogP contribution >= 0.6 is 55.1 Å². The SMILES string of the molecule is O=C(c1ccccc1Cl)N(Cc1ccc(Cl)cc1)N1C(=O)[C@@H]2[C@H]3C[C@@H]([C@H](Br)[C@H]3Br)[C@@H]2C1=O. The van der Waals surface area contributed by atoms with E-state index in [2.05, 4.69) is 31.9 Å². The van der Waals surface area contributed by atoms with Crippen molar-refractivity contribution in [2.45, 2.75) is 22.6 Å². The van der Waals surface area contributed by atoms with Crippen LogP contribution in [0, 0.1) is 23.7 Å². The topological polar surface area (TPSA) is 57.7 Å². The molecule has 9 heteroatoms. The Morgan fingerprint density at radius 1 is 0.938 bits per heavy atom. The number of fused-ring (bicyclic) bond motifs is 5. The monoisotopic (exact) mass is 598 g/mol. The second-order valence-corrected chi connectivity index (χ2v) is 11.4. The van der Waals surface area contributed by atoms with Crippen molar-refractivity contribution in [1.82, 2.24) is 10.0 Å². The van der Waals surface area contributed by atoms with Crippen molar-refractivity contribution in [3.05, 3.63) is 69.7 Å². The predicted molar refractivity (Wildman–Crippen MR) is 129 cm³/mol. The molecule has 0 aromatic heterocycles. The van der Waals surface area contributed by atoms with E-state index >= 15 is 0 Å². The van der Waals surface area contributed by atoms with Gasteiger partial charge < -0.3 is 0 Å². The van der Waals surface area contributed by atoms with Crippen molar-refractivity contribution < 1.29 is 14.4 Å². The molecule has 5 nitrogen and oxygen atoms in total. The first-order valence-electron chi connectivity index (χ1n) is 10.3. The maximum atomic E-state index is 13.6. The molecule has 166 valence electrons. The maximum Gasteiger partial charge on any atom is 0.274 e. The molecule has 0 N–H and O–H groups in total.